The number of fused-ring (bicyclic) bond motifs is 3. The SMILES string of the molecule is Cc1cc2c(c3occ(-c4ccc(C(C)C)cc4)c13)CCC2. The van der Waals surface area contributed by atoms with Gasteiger partial charge < -0.3 is 4.42 Å². The van der Waals surface area contributed by atoms with Crippen LogP contribution in [0.4, 0.5) is 0 Å². The zero-order valence-corrected chi connectivity index (χ0v) is 13.6. The van der Waals surface area contributed by atoms with Crippen LogP contribution < -0.4 is 0 Å². The summed E-state index contributed by atoms with van der Waals surface area (Å²) in [6.45, 7) is 6.67. The predicted molar refractivity (Wildman–Crippen MR) is 92.5 cm³/mol. The van der Waals surface area contributed by atoms with Crippen molar-refractivity contribution in [3.8, 4) is 11.1 Å². The van der Waals surface area contributed by atoms with Crippen LogP contribution in [0.5, 0.6) is 0 Å². The summed E-state index contributed by atoms with van der Waals surface area (Å²) >= 11 is 0. The van der Waals surface area contributed by atoms with Gasteiger partial charge in [-0.3, -0.25) is 0 Å². The van der Waals surface area contributed by atoms with Gasteiger partial charge in [0.05, 0.1) is 6.26 Å². The highest BCUT2D eigenvalue weighted by Gasteiger charge is 2.20. The Bertz CT molecular complexity index is 834. The fourth-order valence-electron chi connectivity index (χ4n) is 3.75. The molecule has 0 spiro atoms. The summed E-state index contributed by atoms with van der Waals surface area (Å²) in [7, 11) is 0. The zero-order chi connectivity index (χ0) is 15.3. The molecule has 0 bridgehead atoms. The van der Waals surface area contributed by atoms with Crippen molar-refractivity contribution < 1.29 is 4.42 Å². The van der Waals surface area contributed by atoms with E-state index in [1.165, 1.54) is 51.6 Å². The molecule has 0 N–H and O–H groups in total. The van der Waals surface area contributed by atoms with E-state index in [0.29, 0.717) is 5.92 Å². The van der Waals surface area contributed by atoms with Crippen molar-refractivity contribution in [1.29, 1.82) is 0 Å². The van der Waals surface area contributed by atoms with E-state index < -0.39 is 0 Å². The van der Waals surface area contributed by atoms with Crippen LogP contribution in [-0.2, 0) is 12.8 Å². The molecule has 0 aliphatic heterocycles. The summed E-state index contributed by atoms with van der Waals surface area (Å²) in [5, 5.41) is 1.30. The number of aryl methyl sites for hydroxylation is 3. The van der Waals surface area contributed by atoms with Crippen molar-refractivity contribution in [1.82, 2.24) is 0 Å². The van der Waals surface area contributed by atoms with E-state index in [9.17, 15) is 0 Å². The molecule has 0 unspecified atom stereocenters. The van der Waals surface area contributed by atoms with E-state index in [0.717, 1.165) is 12.0 Å². The third-order valence-corrected chi connectivity index (χ3v) is 5.00. The van der Waals surface area contributed by atoms with Gasteiger partial charge in [-0.25, -0.2) is 0 Å². The normalized spacial score (nSPS) is 14.0. The maximum absolute atomic E-state index is 6.00. The van der Waals surface area contributed by atoms with Crippen LogP contribution >= 0.6 is 0 Å². The highest BCUT2D eigenvalue weighted by molar-refractivity contribution is 5.98. The molecule has 0 atom stereocenters. The number of hydrogen-bond acceptors (Lipinski definition) is 1. The van der Waals surface area contributed by atoms with Gasteiger partial charge in [-0.2, -0.15) is 0 Å². The standard InChI is InChI=1S/C21H22O/c1-13(2)15-7-9-16(10-8-15)19-12-22-21-18-6-4-5-17(18)11-14(3)20(19)21/h7-13H,4-6H2,1-3H3. The molecule has 1 aliphatic carbocycles. The van der Waals surface area contributed by atoms with Gasteiger partial charge in [0, 0.05) is 10.9 Å². The molecule has 112 valence electrons. The molecule has 0 fully saturated rings. The van der Waals surface area contributed by atoms with E-state index in [2.05, 4.69) is 51.1 Å². The van der Waals surface area contributed by atoms with Crippen LogP contribution in [0.1, 0.15) is 48.4 Å². The molecule has 3 aromatic rings. The van der Waals surface area contributed by atoms with Crippen molar-refractivity contribution >= 4 is 11.0 Å². The maximum Gasteiger partial charge on any atom is 0.138 e. The number of hydrogen-bond donors (Lipinski definition) is 0. The Hall–Kier alpha value is -2.02. The molecule has 1 nitrogen and oxygen atoms in total. The van der Waals surface area contributed by atoms with E-state index >= 15 is 0 Å². The van der Waals surface area contributed by atoms with Crippen LogP contribution in [0, 0.1) is 6.92 Å². The first-order valence-corrected chi connectivity index (χ1v) is 8.28. The molecule has 0 saturated carbocycles. The third kappa shape index (κ3) is 1.99. The Morgan fingerprint density at radius 2 is 1.82 bits per heavy atom. The van der Waals surface area contributed by atoms with Crippen LogP contribution in [0.3, 0.4) is 0 Å². The van der Waals surface area contributed by atoms with Gasteiger partial charge in [0.1, 0.15) is 5.58 Å². The number of benzene rings is 2. The lowest BCUT2D eigenvalue weighted by molar-refractivity contribution is 0.612. The number of furan rings is 1. The summed E-state index contributed by atoms with van der Waals surface area (Å²) in [5.41, 5.74) is 9.25. The third-order valence-electron chi connectivity index (χ3n) is 5.00. The predicted octanol–water partition coefficient (Wildman–Crippen LogP) is 6.02. The van der Waals surface area contributed by atoms with Gasteiger partial charge >= 0.3 is 0 Å². The quantitative estimate of drug-likeness (QED) is 0.562. The van der Waals surface area contributed by atoms with Gasteiger partial charge in [-0.1, -0.05) is 44.2 Å². The van der Waals surface area contributed by atoms with Gasteiger partial charge in [-0.05, 0) is 59.9 Å². The Morgan fingerprint density at radius 1 is 1.05 bits per heavy atom. The van der Waals surface area contributed by atoms with Crippen molar-refractivity contribution in [2.45, 2.75) is 46.0 Å². The lowest BCUT2D eigenvalue weighted by Crippen LogP contribution is -1.88. The maximum atomic E-state index is 6.00. The van der Waals surface area contributed by atoms with E-state index in [1.807, 2.05) is 6.26 Å². The first kappa shape index (κ1) is 13.6. The molecule has 22 heavy (non-hydrogen) atoms. The number of rotatable bonds is 2. The highest BCUT2D eigenvalue weighted by atomic mass is 16.3. The second-order valence-corrected chi connectivity index (χ2v) is 6.81. The van der Waals surface area contributed by atoms with Gasteiger partial charge in [-0.15, -0.1) is 0 Å². The second kappa shape index (κ2) is 5.01. The summed E-state index contributed by atoms with van der Waals surface area (Å²) in [6.07, 6.45) is 5.56. The molecular weight excluding hydrogens is 268 g/mol. The molecule has 0 radical (unpaired) electrons. The molecule has 1 heterocycles. The first-order valence-electron chi connectivity index (χ1n) is 8.28. The summed E-state index contributed by atoms with van der Waals surface area (Å²) in [5.74, 6) is 0.570. The topological polar surface area (TPSA) is 13.1 Å². The Balaban J connectivity index is 1.89. The minimum absolute atomic E-state index is 0.570. The van der Waals surface area contributed by atoms with Crippen LogP contribution in [-0.4, -0.2) is 0 Å². The smallest absolute Gasteiger partial charge is 0.138 e. The molecule has 4 rings (SSSR count). The molecule has 0 saturated heterocycles. The van der Waals surface area contributed by atoms with Crippen molar-refractivity contribution in [3.63, 3.8) is 0 Å². The highest BCUT2D eigenvalue weighted by Crippen LogP contribution is 2.39. The Morgan fingerprint density at radius 3 is 2.55 bits per heavy atom. The molecule has 1 aromatic heterocycles. The zero-order valence-electron chi connectivity index (χ0n) is 13.6. The Labute approximate surface area is 132 Å². The first-order chi connectivity index (χ1) is 10.6. The molecular formula is C21H22O. The molecule has 1 heteroatoms. The fraction of sp³-hybridized carbons (Fsp3) is 0.333. The van der Waals surface area contributed by atoms with E-state index in [1.54, 1.807) is 0 Å². The van der Waals surface area contributed by atoms with E-state index in [4.69, 9.17) is 4.42 Å². The average Bonchev–Trinajstić information content (AvgIpc) is 3.13. The minimum Gasteiger partial charge on any atom is -0.463 e. The second-order valence-electron chi connectivity index (χ2n) is 6.81. The van der Waals surface area contributed by atoms with Crippen LogP contribution in [0.2, 0.25) is 0 Å². The van der Waals surface area contributed by atoms with Crippen molar-refractivity contribution in [3.05, 3.63) is 58.8 Å². The van der Waals surface area contributed by atoms with E-state index in [-0.39, 0.29) is 0 Å². The molecule has 0 amide bonds. The van der Waals surface area contributed by atoms with Gasteiger partial charge in [0.25, 0.3) is 0 Å². The summed E-state index contributed by atoms with van der Waals surface area (Å²) in [6, 6.07) is 11.3. The Kier molecular flexibility index (Phi) is 3.11. The molecule has 1 aliphatic rings. The van der Waals surface area contributed by atoms with Gasteiger partial charge in [0.2, 0.25) is 0 Å². The fourth-order valence-corrected chi connectivity index (χ4v) is 3.75. The molecule has 2 aromatic carbocycles. The largest absolute Gasteiger partial charge is 0.463 e. The monoisotopic (exact) mass is 290 g/mol. The lowest BCUT2D eigenvalue weighted by Gasteiger charge is -2.08. The summed E-state index contributed by atoms with van der Waals surface area (Å²) < 4.78 is 6.00. The van der Waals surface area contributed by atoms with Crippen LogP contribution in [0.15, 0.2) is 41.0 Å². The van der Waals surface area contributed by atoms with Crippen molar-refractivity contribution in [2.75, 3.05) is 0 Å². The lowest BCUT2D eigenvalue weighted by atomic mass is 9.95. The summed E-state index contributed by atoms with van der Waals surface area (Å²) in [4.78, 5) is 0. The van der Waals surface area contributed by atoms with Crippen molar-refractivity contribution in [2.24, 2.45) is 0 Å². The average molecular weight is 290 g/mol. The van der Waals surface area contributed by atoms with Gasteiger partial charge in [0.15, 0.2) is 0 Å². The minimum atomic E-state index is 0.570. The van der Waals surface area contributed by atoms with Crippen LogP contribution in [0.25, 0.3) is 22.1 Å².